The highest BCUT2D eigenvalue weighted by atomic mass is 28.3. The molecule has 0 unspecified atom stereocenters. The highest BCUT2D eigenvalue weighted by Crippen LogP contribution is 2.43. The van der Waals surface area contributed by atoms with Gasteiger partial charge < -0.3 is 28.9 Å². The van der Waals surface area contributed by atoms with Gasteiger partial charge in [-0.25, -0.2) is 30.0 Å². The Bertz CT molecular complexity index is 2210. The Morgan fingerprint density at radius 2 is 1.75 bits per heavy atom. The number of cyclic esters (lactones) is 1. The van der Waals surface area contributed by atoms with Gasteiger partial charge in [0.05, 0.1) is 42.7 Å². The minimum absolute atomic E-state index is 0.0573. The van der Waals surface area contributed by atoms with Crippen molar-refractivity contribution in [3.8, 4) is 17.1 Å². The Labute approximate surface area is 300 Å². The second-order valence-electron chi connectivity index (χ2n) is 15.0. The van der Waals surface area contributed by atoms with Crippen LogP contribution in [0.1, 0.15) is 61.2 Å². The number of carbonyl (C=O) groups is 3. The molecule has 7 rings (SSSR count). The molecule has 272 valence electrons. The summed E-state index contributed by atoms with van der Waals surface area (Å²) in [6, 6.07) is 7.13. The summed E-state index contributed by atoms with van der Waals surface area (Å²) < 4.78 is 12.9. The van der Waals surface area contributed by atoms with Gasteiger partial charge in [-0.15, -0.1) is 0 Å². The van der Waals surface area contributed by atoms with Crippen LogP contribution >= 0.6 is 0 Å². The molecule has 0 aliphatic carbocycles. The average Bonchev–Trinajstić information content (AvgIpc) is 3.49. The van der Waals surface area contributed by atoms with Crippen molar-refractivity contribution >= 4 is 48.1 Å². The summed E-state index contributed by atoms with van der Waals surface area (Å²) in [7, 11) is -2.37. The van der Waals surface area contributed by atoms with Crippen molar-refractivity contribution in [3.05, 3.63) is 69.3 Å². The van der Waals surface area contributed by atoms with Crippen molar-refractivity contribution < 1.29 is 34.2 Å². The first-order chi connectivity index (χ1) is 24.6. The third kappa shape index (κ3) is 5.52. The molecule has 3 aliphatic heterocycles. The molecule has 15 nitrogen and oxygen atoms in total. The Morgan fingerprint density at radius 1 is 1.06 bits per heavy atom. The number of rotatable bonds is 5. The molecule has 1 aromatic carbocycles. The van der Waals surface area contributed by atoms with Crippen LogP contribution in [0.25, 0.3) is 22.3 Å². The number of fused-ring (bicyclic) bond motifs is 5. The van der Waals surface area contributed by atoms with Gasteiger partial charge in [0.2, 0.25) is 5.95 Å². The lowest BCUT2D eigenvalue weighted by atomic mass is 9.86. The van der Waals surface area contributed by atoms with Crippen LogP contribution in [-0.4, -0.2) is 87.0 Å². The van der Waals surface area contributed by atoms with E-state index >= 15 is 0 Å². The highest BCUT2D eigenvalue weighted by Gasteiger charge is 2.47. The second kappa shape index (κ2) is 12.5. The molecule has 0 saturated carbocycles. The first-order valence-corrected chi connectivity index (χ1v) is 20.2. The molecule has 3 N–H and O–H groups in total. The van der Waals surface area contributed by atoms with Crippen molar-refractivity contribution in [2.24, 2.45) is 0 Å². The number of nitrogens with zero attached hydrogens (tertiary/aromatic N) is 6. The fourth-order valence-electron chi connectivity index (χ4n) is 7.13. The van der Waals surface area contributed by atoms with Crippen molar-refractivity contribution in [1.29, 1.82) is 0 Å². The van der Waals surface area contributed by atoms with Crippen LogP contribution in [0.15, 0.2) is 41.5 Å². The number of hydrogen-bond donors (Lipinski definition) is 3. The van der Waals surface area contributed by atoms with Crippen LogP contribution < -0.4 is 25.9 Å². The topological polar surface area (TPSA) is 189 Å². The number of benzene rings is 1. The first-order valence-electron chi connectivity index (χ1n) is 17.2. The Morgan fingerprint density at radius 3 is 2.38 bits per heavy atom. The number of aliphatic hydroxyl groups is 1. The van der Waals surface area contributed by atoms with Crippen LogP contribution in [0.3, 0.4) is 0 Å². The number of hydroxylamine groups is 1. The molecule has 16 heteroatoms. The number of aromatic nitrogens is 4. The number of amides is 2. The molecule has 0 radical (unpaired) electrons. The van der Waals surface area contributed by atoms with Gasteiger partial charge in [-0.1, -0.05) is 40.8 Å². The number of nitrogens with one attached hydrogen (secondary N) is 1. The van der Waals surface area contributed by atoms with Gasteiger partial charge in [-0.05, 0) is 46.5 Å². The van der Waals surface area contributed by atoms with E-state index in [1.54, 1.807) is 34.0 Å². The second-order valence-corrected chi connectivity index (χ2v) is 20.3. The van der Waals surface area contributed by atoms with E-state index in [0.717, 1.165) is 16.1 Å². The number of hydrogen-bond acceptors (Lipinski definition) is 12. The van der Waals surface area contributed by atoms with Gasteiger partial charge in [0.25, 0.3) is 11.5 Å². The summed E-state index contributed by atoms with van der Waals surface area (Å²) in [5.74, 6) is -0.696. The van der Waals surface area contributed by atoms with Crippen LogP contribution in [0.2, 0.25) is 18.1 Å². The van der Waals surface area contributed by atoms with Crippen molar-refractivity contribution in [2.45, 2.75) is 71.0 Å². The molecule has 1 atom stereocenters. The van der Waals surface area contributed by atoms with Crippen molar-refractivity contribution in [3.63, 3.8) is 0 Å². The van der Waals surface area contributed by atoms with E-state index in [1.165, 1.54) is 12.4 Å². The van der Waals surface area contributed by atoms with Crippen LogP contribution in [0.5, 0.6) is 5.75 Å². The van der Waals surface area contributed by atoms with Crippen LogP contribution in [0, 0.1) is 0 Å². The van der Waals surface area contributed by atoms with E-state index in [4.69, 9.17) is 19.7 Å². The average molecular weight is 728 g/mol. The molecule has 4 aromatic rings. The third-order valence-electron chi connectivity index (χ3n) is 11.2. The SMILES string of the molecule is CC[C@@]1(O)C(=O)OCc2c1cc1n(c2=O)Cc2c-1nc1ccc(OC(=O)N3CCN(c4ncc(C(=O)NO)cn4)CC3)cc1c2[Si](C)(C)C(C)(C)C. The summed E-state index contributed by atoms with van der Waals surface area (Å²) in [5, 5.41) is 22.0. The molecule has 0 spiro atoms. The largest absolute Gasteiger partial charge is 0.458 e. The van der Waals surface area contributed by atoms with E-state index in [-0.39, 0.29) is 46.9 Å². The fourth-order valence-corrected chi connectivity index (χ4v) is 9.71. The molecule has 0 bridgehead atoms. The Kier molecular flexibility index (Phi) is 8.46. The lowest BCUT2D eigenvalue weighted by molar-refractivity contribution is -0.172. The maximum Gasteiger partial charge on any atom is 0.415 e. The monoisotopic (exact) mass is 727 g/mol. The summed E-state index contributed by atoms with van der Waals surface area (Å²) in [4.78, 5) is 68.7. The van der Waals surface area contributed by atoms with Gasteiger partial charge in [0, 0.05) is 49.5 Å². The molecule has 52 heavy (non-hydrogen) atoms. The highest BCUT2D eigenvalue weighted by molar-refractivity contribution is 6.94. The number of pyridine rings is 2. The van der Waals surface area contributed by atoms with E-state index < -0.39 is 31.6 Å². The number of ether oxygens (including phenoxy) is 2. The summed E-state index contributed by atoms with van der Waals surface area (Å²) in [5.41, 5.74) is 2.76. The smallest absolute Gasteiger partial charge is 0.415 e. The molecular formula is C36H41N7O8Si. The quantitative estimate of drug-likeness (QED) is 0.104. The number of piperazine rings is 1. The minimum atomic E-state index is -2.37. The molecule has 3 aromatic heterocycles. The normalized spacial score (nSPS) is 18.4. The van der Waals surface area contributed by atoms with E-state index in [2.05, 4.69) is 43.8 Å². The summed E-state index contributed by atoms with van der Waals surface area (Å²) in [6.45, 7) is 14.6. The van der Waals surface area contributed by atoms with Gasteiger partial charge in [0.1, 0.15) is 12.4 Å². The zero-order chi connectivity index (χ0) is 37.3. The first kappa shape index (κ1) is 35.2. The van der Waals surface area contributed by atoms with E-state index in [0.29, 0.717) is 54.8 Å². The van der Waals surface area contributed by atoms with Crippen LogP contribution in [-0.2, 0) is 28.3 Å². The predicted octanol–water partition coefficient (Wildman–Crippen LogP) is 3.03. The summed E-state index contributed by atoms with van der Waals surface area (Å²) >= 11 is 0. The van der Waals surface area contributed by atoms with Crippen molar-refractivity contribution in [1.82, 2.24) is 29.9 Å². The predicted molar refractivity (Wildman–Crippen MR) is 192 cm³/mol. The van der Waals surface area contributed by atoms with Crippen LogP contribution in [0.4, 0.5) is 10.7 Å². The fraction of sp³-hybridized carbons (Fsp3) is 0.417. The number of anilines is 1. The summed E-state index contributed by atoms with van der Waals surface area (Å²) in [6.07, 6.45) is 2.21. The van der Waals surface area contributed by atoms with Gasteiger partial charge in [0.15, 0.2) is 5.60 Å². The zero-order valence-corrected chi connectivity index (χ0v) is 30.9. The molecule has 6 heterocycles. The maximum atomic E-state index is 14.0. The Balaban J connectivity index is 1.21. The van der Waals surface area contributed by atoms with Gasteiger partial charge in [-0.3, -0.25) is 14.8 Å². The van der Waals surface area contributed by atoms with Gasteiger partial charge >= 0.3 is 12.1 Å². The number of carbonyl (C=O) groups excluding carboxylic acids is 3. The standard InChI is InChI=1S/C36H41N7O8Si/c1-7-36(48)25-15-27-28-23(18-43(27)31(45)24(25)19-50-32(36)46)29(52(5,6)35(2,3)4)22-14-21(8-9-26(22)39-28)51-34(47)42-12-10-41(11-13-42)33-37-16-20(17-38-33)30(44)40-49/h8-9,14-17,48-49H,7,10-13,18-19H2,1-6H3,(H,40,44)/t36-/m0/s1. The lowest BCUT2D eigenvalue weighted by Crippen LogP contribution is -2.51. The third-order valence-corrected chi connectivity index (χ3v) is 16.8. The Hall–Kier alpha value is -5.19. The molecular weight excluding hydrogens is 687 g/mol. The molecule has 2 amide bonds. The molecule has 1 fully saturated rings. The van der Waals surface area contributed by atoms with E-state index in [1.807, 2.05) is 17.0 Å². The zero-order valence-electron chi connectivity index (χ0n) is 29.9. The molecule has 1 saturated heterocycles. The maximum absolute atomic E-state index is 14.0. The van der Waals surface area contributed by atoms with E-state index in [9.17, 15) is 24.3 Å². The molecule has 3 aliphatic rings. The lowest BCUT2D eigenvalue weighted by Gasteiger charge is -2.39. The minimum Gasteiger partial charge on any atom is -0.458 e. The van der Waals surface area contributed by atoms with Crippen molar-refractivity contribution in [2.75, 3.05) is 31.1 Å². The van der Waals surface area contributed by atoms with Gasteiger partial charge in [-0.2, -0.15) is 0 Å². The number of esters is 1.